The quantitative estimate of drug-likeness (QED) is 0.568. The van der Waals surface area contributed by atoms with Crippen LogP contribution in [0, 0.1) is 11.8 Å². The van der Waals surface area contributed by atoms with Crippen molar-refractivity contribution in [3.05, 3.63) is 58.7 Å². The predicted octanol–water partition coefficient (Wildman–Crippen LogP) is 6.56. The summed E-state index contributed by atoms with van der Waals surface area (Å²) in [5, 5.41) is 0. The van der Waals surface area contributed by atoms with Gasteiger partial charge in [0.2, 0.25) is 0 Å². The van der Waals surface area contributed by atoms with Crippen LogP contribution in [0.1, 0.15) is 61.8 Å². The minimum Gasteiger partial charge on any atom is -0.497 e. The molecule has 2 nitrogen and oxygen atoms in total. The molecule has 0 fully saturated rings. The second kappa shape index (κ2) is 8.03. The molecular weight excluding hydrogens is 344 g/mol. The summed E-state index contributed by atoms with van der Waals surface area (Å²) in [6, 6.07) is 13.4. The van der Waals surface area contributed by atoms with Crippen LogP contribution in [0.4, 0.5) is 0 Å². The van der Waals surface area contributed by atoms with Crippen LogP contribution in [0.25, 0.3) is 11.1 Å². The van der Waals surface area contributed by atoms with E-state index in [1.54, 1.807) is 25.4 Å². The van der Waals surface area contributed by atoms with Crippen molar-refractivity contribution in [1.82, 2.24) is 0 Å². The Morgan fingerprint density at radius 3 is 1.50 bits per heavy atom. The van der Waals surface area contributed by atoms with Crippen molar-refractivity contribution >= 4 is 11.1 Å². The third-order valence-corrected chi connectivity index (χ3v) is 6.52. The third-order valence-electron chi connectivity index (χ3n) is 6.52. The first-order valence-electron chi connectivity index (χ1n) is 10.8. The van der Waals surface area contributed by atoms with Gasteiger partial charge in [-0.25, -0.2) is 0 Å². The monoisotopic (exact) mass is 376 g/mol. The lowest BCUT2D eigenvalue weighted by molar-refractivity contribution is 0.413. The number of fused-ring (bicyclic) bond motifs is 4. The van der Waals surface area contributed by atoms with E-state index >= 15 is 0 Å². The molecule has 0 radical (unpaired) electrons. The van der Waals surface area contributed by atoms with Crippen LogP contribution in [0.5, 0.6) is 11.5 Å². The number of allylic oxidation sites excluding steroid dienone is 2. The minimum atomic E-state index is 0.589. The molecule has 2 aliphatic carbocycles. The highest BCUT2D eigenvalue weighted by Crippen LogP contribution is 2.51. The van der Waals surface area contributed by atoms with Gasteiger partial charge in [-0.3, -0.25) is 0 Å². The highest BCUT2D eigenvalue weighted by atomic mass is 16.5. The van der Waals surface area contributed by atoms with Crippen LogP contribution < -0.4 is 9.47 Å². The molecule has 0 aromatic heterocycles. The van der Waals surface area contributed by atoms with Gasteiger partial charge < -0.3 is 9.47 Å². The lowest BCUT2D eigenvalue weighted by atomic mass is 9.65. The zero-order chi connectivity index (χ0) is 19.7. The summed E-state index contributed by atoms with van der Waals surface area (Å²) in [6.45, 7) is 4.62. The molecule has 0 spiro atoms. The van der Waals surface area contributed by atoms with E-state index in [-0.39, 0.29) is 0 Å². The summed E-state index contributed by atoms with van der Waals surface area (Å²) in [7, 11) is 3.53. The average molecular weight is 377 g/mol. The molecule has 0 bridgehead atoms. The number of rotatable bonds is 6. The van der Waals surface area contributed by atoms with E-state index in [4.69, 9.17) is 9.47 Å². The van der Waals surface area contributed by atoms with Crippen LogP contribution >= 0.6 is 0 Å². The summed E-state index contributed by atoms with van der Waals surface area (Å²) in [5.41, 5.74) is 9.08. The molecule has 148 valence electrons. The first kappa shape index (κ1) is 19.1. The SMILES string of the molecule is CCC[C@@H]1Cc2cc(OC)ccc2C2=C1c1ccc(OC)cc1C[C@H]2CCC. The number of hydrogen-bond acceptors (Lipinski definition) is 2. The zero-order valence-electron chi connectivity index (χ0n) is 17.7. The molecule has 0 saturated heterocycles. The topological polar surface area (TPSA) is 18.5 Å². The summed E-state index contributed by atoms with van der Waals surface area (Å²) in [4.78, 5) is 0. The van der Waals surface area contributed by atoms with Crippen molar-refractivity contribution in [2.75, 3.05) is 14.2 Å². The minimum absolute atomic E-state index is 0.589. The molecule has 28 heavy (non-hydrogen) atoms. The van der Waals surface area contributed by atoms with Crippen LogP contribution in [0.15, 0.2) is 36.4 Å². The van der Waals surface area contributed by atoms with Gasteiger partial charge in [0.25, 0.3) is 0 Å². The van der Waals surface area contributed by atoms with E-state index in [9.17, 15) is 0 Å². The zero-order valence-corrected chi connectivity index (χ0v) is 17.7. The maximum absolute atomic E-state index is 5.54. The van der Waals surface area contributed by atoms with Crippen LogP contribution in [0.2, 0.25) is 0 Å². The van der Waals surface area contributed by atoms with Crippen molar-refractivity contribution in [2.24, 2.45) is 11.8 Å². The van der Waals surface area contributed by atoms with Gasteiger partial charge in [-0.2, -0.15) is 0 Å². The van der Waals surface area contributed by atoms with E-state index in [1.165, 1.54) is 47.9 Å². The Balaban J connectivity index is 1.94. The van der Waals surface area contributed by atoms with Crippen molar-refractivity contribution in [3.8, 4) is 11.5 Å². The van der Waals surface area contributed by atoms with Gasteiger partial charge in [0.1, 0.15) is 11.5 Å². The van der Waals surface area contributed by atoms with Crippen LogP contribution in [-0.4, -0.2) is 14.2 Å². The molecule has 2 aromatic rings. The first-order chi connectivity index (χ1) is 13.7. The molecular formula is C26H32O2. The van der Waals surface area contributed by atoms with E-state index in [1.807, 2.05) is 0 Å². The van der Waals surface area contributed by atoms with Crippen molar-refractivity contribution < 1.29 is 9.47 Å². The molecule has 2 atom stereocenters. The molecule has 0 heterocycles. The molecule has 2 heteroatoms. The van der Waals surface area contributed by atoms with Gasteiger partial charge in [-0.05, 0) is 95.2 Å². The molecule has 2 aliphatic rings. The van der Waals surface area contributed by atoms with E-state index in [0.29, 0.717) is 11.8 Å². The Labute approximate surface area is 169 Å². The summed E-state index contributed by atoms with van der Waals surface area (Å²) in [5.74, 6) is 3.13. The van der Waals surface area contributed by atoms with Gasteiger partial charge in [-0.15, -0.1) is 0 Å². The summed E-state index contributed by atoms with van der Waals surface area (Å²) < 4.78 is 11.1. The van der Waals surface area contributed by atoms with E-state index < -0.39 is 0 Å². The Morgan fingerprint density at radius 2 is 1.14 bits per heavy atom. The Kier molecular flexibility index (Phi) is 5.48. The lowest BCUT2D eigenvalue weighted by Crippen LogP contribution is -2.25. The Bertz CT molecular complexity index is 820. The van der Waals surface area contributed by atoms with Gasteiger partial charge >= 0.3 is 0 Å². The standard InChI is InChI=1S/C26H32O2/c1-5-7-17-13-19-15-21(27-3)10-12-24(19)26-18(8-6-2)14-20-16-22(28-4)9-11-23(20)25(17)26/h9-12,15-18H,5-8,13-14H2,1-4H3/t17-,18-/m1/s1. The Morgan fingerprint density at radius 1 is 0.714 bits per heavy atom. The fourth-order valence-corrected chi connectivity index (χ4v) is 5.35. The summed E-state index contributed by atoms with van der Waals surface area (Å²) >= 11 is 0. The molecule has 0 amide bonds. The smallest absolute Gasteiger partial charge is 0.119 e. The van der Waals surface area contributed by atoms with Gasteiger partial charge in [0, 0.05) is 0 Å². The van der Waals surface area contributed by atoms with E-state index in [0.717, 1.165) is 24.3 Å². The predicted molar refractivity (Wildman–Crippen MR) is 117 cm³/mol. The van der Waals surface area contributed by atoms with Gasteiger partial charge in [-0.1, -0.05) is 38.8 Å². The number of hydrogen-bond donors (Lipinski definition) is 0. The largest absolute Gasteiger partial charge is 0.497 e. The second-order valence-electron chi connectivity index (χ2n) is 8.25. The fourth-order valence-electron chi connectivity index (χ4n) is 5.35. The molecule has 0 aliphatic heterocycles. The number of benzene rings is 2. The average Bonchev–Trinajstić information content (AvgIpc) is 2.72. The lowest BCUT2D eigenvalue weighted by Gasteiger charge is -2.39. The molecule has 0 unspecified atom stereocenters. The molecule has 4 rings (SSSR count). The highest BCUT2D eigenvalue weighted by molar-refractivity contribution is 5.98. The second-order valence-corrected chi connectivity index (χ2v) is 8.25. The van der Waals surface area contributed by atoms with Gasteiger partial charge in [0.05, 0.1) is 14.2 Å². The third kappa shape index (κ3) is 3.23. The molecule has 2 aromatic carbocycles. The Hall–Kier alpha value is -2.22. The first-order valence-corrected chi connectivity index (χ1v) is 10.8. The number of ether oxygens (including phenoxy) is 2. The molecule has 0 N–H and O–H groups in total. The van der Waals surface area contributed by atoms with Crippen molar-refractivity contribution in [2.45, 2.75) is 52.4 Å². The van der Waals surface area contributed by atoms with Crippen molar-refractivity contribution in [1.29, 1.82) is 0 Å². The number of methoxy groups -OCH3 is 2. The van der Waals surface area contributed by atoms with Crippen molar-refractivity contribution in [3.63, 3.8) is 0 Å². The fraction of sp³-hybridized carbons (Fsp3) is 0.462. The van der Waals surface area contributed by atoms with E-state index in [2.05, 4.69) is 50.2 Å². The van der Waals surface area contributed by atoms with Gasteiger partial charge in [0.15, 0.2) is 0 Å². The van der Waals surface area contributed by atoms with Crippen LogP contribution in [0.3, 0.4) is 0 Å². The maximum atomic E-state index is 5.54. The highest BCUT2D eigenvalue weighted by Gasteiger charge is 2.36. The normalized spacial score (nSPS) is 20.3. The maximum Gasteiger partial charge on any atom is 0.119 e. The summed E-state index contributed by atoms with van der Waals surface area (Å²) in [6.07, 6.45) is 7.13. The molecule has 0 saturated carbocycles. The van der Waals surface area contributed by atoms with Crippen LogP contribution in [-0.2, 0) is 12.8 Å².